The number of furan rings is 1. The molecule has 1 aromatic carbocycles. The Bertz CT molecular complexity index is 1190. The predicted octanol–water partition coefficient (Wildman–Crippen LogP) is 4.81. The molecule has 3 N–H and O–H groups in total. The molecule has 1 aliphatic carbocycles. The number of carboxylic acid groups (broad SMARTS) is 1. The second-order valence-electron chi connectivity index (χ2n) is 7.07. The van der Waals surface area contributed by atoms with Crippen molar-refractivity contribution in [2.75, 3.05) is 5.73 Å². The van der Waals surface area contributed by atoms with E-state index in [1.165, 1.54) is 16.7 Å². The molecular weight excluding hydrogens is 411 g/mol. The molecule has 2 aromatic heterocycles. The molecule has 31 heavy (non-hydrogen) atoms. The van der Waals surface area contributed by atoms with Gasteiger partial charge in [-0.1, -0.05) is 11.6 Å². The Morgan fingerprint density at radius 1 is 1.26 bits per heavy atom. The van der Waals surface area contributed by atoms with E-state index in [0.717, 1.165) is 35.2 Å². The Balaban J connectivity index is 0.000000339. The first kappa shape index (κ1) is 21.9. The number of nitrogens with zero attached hydrogens (tertiary/aromatic N) is 2. The lowest BCUT2D eigenvalue weighted by molar-refractivity contribution is -0.192. The zero-order chi connectivity index (χ0) is 22.9. The Morgan fingerprint density at radius 3 is 2.45 bits per heavy atom. The maximum Gasteiger partial charge on any atom is 0.490 e. The second-order valence-corrected chi connectivity index (χ2v) is 7.07. The lowest BCUT2D eigenvalue weighted by Crippen LogP contribution is -2.21. The summed E-state index contributed by atoms with van der Waals surface area (Å²) in [6, 6.07) is 10.2. The van der Waals surface area contributed by atoms with Crippen LogP contribution in [0.3, 0.4) is 0 Å². The summed E-state index contributed by atoms with van der Waals surface area (Å²) in [6.45, 7) is 4.22. The van der Waals surface area contributed by atoms with Gasteiger partial charge >= 0.3 is 12.1 Å². The minimum Gasteiger partial charge on any atom is -0.475 e. The summed E-state index contributed by atoms with van der Waals surface area (Å²) >= 11 is 0. The molecule has 0 amide bonds. The van der Waals surface area contributed by atoms with Gasteiger partial charge in [0.25, 0.3) is 0 Å². The van der Waals surface area contributed by atoms with Gasteiger partial charge in [-0.25, -0.2) is 9.78 Å². The smallest absolute Gasteiger partial charge is 0.475 e. The SMILES string of the molecule is Cc1cc(C)c2c(c1)-c1nc(N)c(C#N)c(-c3ccco3)c1CC2.O=C(O)C(F)(F)F. The van der Waals surface area contributed by atoms with Crippen LogP contribution >= 0.6 is 0 Å². The molecule has 0 saturated carbocycles. The van der Waals surface area contributed by atoms with Crippen LogP contribution in [-0.4, -0.2) is 22.2 Å². The molecule has 0 atom stereocenters. The molecule has 3 aromatic rings. The third kappa shape index (κ3) is 4.23. The first-order valence-corrected chi connectivity index (χ1v) is 9.21. The van der Waals surface area contributed by atoms with Gasteiger partial charge in [-0.15, -0.1) is 0 Å². The lowest BCUT2D eigenvalue weighted by atomic mass is 9.82. The summed E-state index contributed by atoms with van der Waals surface area (Å²) in [5.41, 5.74) is 14.1. The molecular formula is C22H18F3N3O3. The fourth-order valence-corrected chi connectivity index (χ4v) is 3.70. The number of carbonyl (C=O) groups is 1. The normalized spacial score (nSPS) is 12.1. The van der Waals surface area contributed by atoms with Crippen molar-refractivity contribution in [1.82, 2.24) is 4.98 Å². The second kappa shape index (κ2) is 8.14. The van der Waals surface area contributed by atoms with E-state index < -0.39 is 12.1 Å². The van der Waals surface area contributed by atoms with E-state index in [1.54, 1.807) is 6.26 Å². The van der Waals surface area contributed by atoms with Crippen LogP contribution in [0.1, 0.15) is 27.8 Å². The zero-order valence-electron chi connectivity index (χ0n) is 16.7. The summed E-state index contributed by atoms with van der Waals surface area (Å²) in [5, 5.41) is 16.7. The van der Waals surface area contributed by atoms with Gasteiger partial charge in [0.15, 0.2) is 0 Å². The van der Waals surface area contributed by atoms with Crippen molar-refractivity contribution in [2.24, 2.45) is 0 Å². The number of nitrogen functional groups attached to an aromatic ring is 1. The zero-order valence-corrected chi connectivity index (χ0v) is 16.7. The molecule has 1 aliphatic rings. The van der Waals surface area contributed by atoms with Gasteiger partial charge in [-0.2, -0.15) is 18.4 Å². The Hall–Kier alpha value is -3.80. The Labute approximate surface area is 175 Å². The molecule has 4 rings (SSSR count). The summed E-state index contributed by atoms with van der Waals surface area (Å²) in [5.74, 6) is -1.83. The number of alkyl halides is 3. The van der Waals surface area contributed by atoms with Crippen LogP contribution in [0.15, 0.2) is 34.9 Å². The van der Waals surface area contributed by atoms with Crippen LogP contribution < -0.4 is 5.73 Å². The fourth-order valence-electron chi connectivity index (χ4n) is 3.70. The highest BCUT2D eigenvalue weighted by Gasteiger charge is 2.38. The standard InChI is InChI=1S/C20H17N3O.C2HF3O2/c1-11-8-12(2)13-5-6-14-18(17-4-3-7-24-17)16(10-21)20(22)23-19(14)15(13)9-11;3-2(4,5)1(6)7/h3-4,7-9H,5-6H2,1-2H3,(H2,22,23);(H,6,7). The number of nitriles is 1. The van der Waals surface area contributed by atoms with Crippen LogP contribution in [-0.2, 0) is 17.6 Å². The van der Waals surface area contributed by atoms with E-state index in [2.05, 4.69) is 37.0 Å². The van der Waals surface area contributed by atoms with Crippen LogP contribution in [0.2, 0.25) is 0 Å². The predicted molar refractivity (Wildman–Crippen MR) is 107 cm³/mol. The first-order chi connectivity index (χ1) is 14.5. The number of carboxylic acids is 1. The van der Waals surface area contributed by atoms with Gasteiger partial charge in [0, 0.05) is 11.1 Å². The van der Waals surface area contributed by atoms with Crippen molar-refractivity contribution >= 4 is 11.8 Å². The monoisotopic (exact) mass is 429 g/mol. The van der Waals surface area contributed by atoms with Gasteiger partial charge in [0.1, 0.15) is 23.2 Å². The molecule has 0 saturated heterocycles. The third-order valence-electron chi connectivity index (χ3n) is 4.95. The van der Waals surface area contributed by atoms with Crippen molar-refractivity contribution in [3.8, 4) is 28.7 Å². The molecule has 0 unspecified atom stereocenters. The van der Waals surface area contributed by atoms with E-state index in [0.29, 0.717) is 11.3 Å². The highest BCUT2D eigenvalue weighted by atomic mass is 19.4. The number of aryl methyl sites for hydroxylation is 2. The Morgan fingerprint density at radius 2 is 1.90 bits per heavy atom. The number of aromatic nitrogens is 1. The molecule has 0 radical (unpaired) electrons. The lowest BCUT2D eigenvalue weighted by Gasteiger charge is -2.24. The minimum absolute atomic E-state index is 0.259. The summed E-state index contributed by atoms with van der Waals surface area (Å²) in [6.07, 6.45) is -1.71. The van der Waals surface area contributed by atoms with Gasteiger partial charge in [-0.3, -0.25) is 0 Å². The molecule has 0 bridgehead atoms. The number of hydrogen-bond donors (Lipinski definition) is 2. The molecule has 0 spiro atoms. The van der Waals surface area contributed by atoms with E-state index in [-0.39, 0.29) is 5.82 Å². The molecule has 6 nitrogen and oxygen atoms in total. The molecule has 0 fully saturated rings. The summed E-state index contributed by atoms with van der Waals surface area (Å²) < 4.78 is 37.3. The van der Waals surface area contributed by atoms with Gasteiger partial charge in [0.2, 0.25) is 0 Å². The van der Waals surface area contributed by atoms with Gasteiger partial charge < -0.3 is 15.3 Å². The van der Waals surface area contributed by atoms with Crippen molar-refractivity contribution in [3.63, 3.8) is 0 Å². The molecule has 2 heterocycles. The largest absolute Gasteiger partial charge is 0.490 e. The first-order valence-electron chi connectivity index (χ1n) is 9.21. The maximum atomic E-state index is 10.6. The van der Waals surface area contributed by atoms with Gasteiger partial charge in [0.05, 0.1) is 12.0 Å². The van der Waals surface area contributed by atoms with Crippen molar-refractivity contribution < 1.29 is 27.5 Å². The van der Waals surface area contributed by atoms with E-state index >= 15 is 0 Å². The van der Waals surface area contributed by atoms with Gasteiger partial charge in [-0.05, 0) is 61.6 Å². The number of halogens is 3. The number of benzene rings is 1. The molecule has 160 valence electrons. The summed E-state index contributed by atoms with van der Waals surface area (Å²) in [7, 11) is 0. The van der Waals surface area contributed by atoms with Crippen molar-refractivity contribution in [2.45, 2.75) is 32.9 Å². The Kier molecular flexibility index (Phi) is 5.75. The van der Waals surface area contributed by atoms with Crippen LogP contribution in [0.5, 0.6) is 0 Å². The van der Waals surface area contributed by atoms with Crippen molar-refractivity contribution in [1.29, 1.82) is 5.26 Å². The number of fused-ring (bicyclic) bond motifs is 3. The fraction of sp³-hybridized carbons (Fsp3) is 0.227. The van der Waals surface area contributed by atoms with Crippen LogP contribution in [0, 0.1) is 25.2 Å². The quantitative estimate of drug-likeness (QED) is 0.574. The summed E-state index contributed by atoms with van der Waals surface area (Å²) in [4.78, 5) is 13.5. The average Bonchev–Trinajstić information content (AvgIpc) is 3.21. The number of rotatable bonds is 1. The average molecular weight is 429 g/mol. The highest BCUT2D eigenvalue weighted by molar-refractivity contribution is 5.85. The third-order valence-corrected chi connectivity index (χ3v) is 4.95. The minimum atomic E-state index is -5.08. The number of aliphatic carboxylic acids is 1. The van der Waals surface area contributed by atoms with Crippen LogP contribution in [0.25, 0.3) is 22.6 Å². The van der Waals surface area contributed by atoms with E-state index in [4.69, 9.17) is 20.1 Å². The number of pyridine rings is 1. The maximum absolute atomic E-state index is 10.6. The number of hydrogen-bond acceptors (Lipinski definition) is 5. The topological polar surface area (TPSA) is 113 Å². The number of anilines is 1. The van der Waals surface area contributed by atoms with Crippen LogP contribution in [0.4, 0.5) is 19.0 Å². The highest BCUT2D eigenvalue weighted by Crippen LogP contribution is 2.42. The van der Waals surface area contributed by atoms with E-state index in [9.17, 15) is 18.4 Å². The van der Waals surface area contributed by atoms with E-state index in [1.807, 2.05) is 12.1 Å². The molecule has 9 heteroatoms. The molecule has 0 aliphatic heterocycles. The van der Waals surface area contributed by atoms with Crippen molar-refractivity contribution in [3.05, 3.63) is 58.3 Å². The number of nitrogens with two attached hydrogens (primary N) is 1.